The van der Waals surface area contributed by atoms with Gasteiger partial charge in [-0.1, -0.05) is 13.8 Å². The highest BCUT2D eigenvalue weighted by molar-refractivity contribution is 5.75. The molecule has 16 heavy (non-hydrogen) atoms. The van der Waals surface area contributed by atoms with E-state index in [-0.39, 0.29) is 6.42 Å². The Morgan fingerprint density at radius 1 is 1.50 bits per heavy atom. The number of halogens is 1. The van der Waals surface area contributed by atoms with Crippen molar-refractivity contribution in [3.8, 4) is 0 Å². The summed E-state index contributed by atoms with van der Waals surface area (Å²) >= 11 is 0. The summed E-state index contributed by atoms with van der Waals surface area (Å²) in [6, 6.07) is 1.95. The molecule has 2 rings (SSSR count). The van der Waals surface area contributed by atoms with E-state index in [4.69, 9.17) is 5.73 Å². The van der Waals surface area contributed by atoms with E-state index in [1.54, 1.807) is 6.20 Å². The van der Waals surface area contributed by atoms with Crippen molar-refractivity contribution in [2.24, 2.45) is 5.73 Å². The Balaban J connectivity index is 2.48. The van der Waals surface area contributed by atoms with Gasteiger partial charge in [-0.25, -0.2) is 14.4 Å². The maximum atomic E-state index is 12.7. The molecule has 1 atom stereocenters. The van der Waals surface area contributed by atoms with Gasteiger partial charge in [0.05, 0.1) is 11.9 Å². The van der Waals surface area contributed by atoms with Gasteiger partial charge in [-0.2, -0.15) is 0 Å². The molecule has 0 aromatic carbocycles. The first-order valence-electron chi connectivity index (χ1n) is 5.31. The van der Waals surface area contributed by atoms with E-state index in [0.717, 1.165) is 11.1 Å². The second-order valence-electron chi connectivity index (χ2n) is 4.16. The first kappa shape index (κ1) is 11.0. The molecule has 5 heteroatoms. The highest BCUT2D eigenvalue weighted by atomic mass is 19.1. The number of hydrogen-bond acceptors (Lipinski definition) is 3. The third kappa shape index (κ3) is 2.04. The van der Waals surface area contributed by atoms with Crippen LogP contribution in [0.4, 0.5) is 4.39 Å². The lowest BCUT2D eigenvalue weighted by atomic mass is 10.0. The second kappa shape index (κ2) is 4.17. The van der Waals surface area contributed by atoms with Crippen LogP contribution in [0.1, 0.15) is 31.2 Å². The van der Waals surface area contributed by atoms with Crippen LogP contribution in [0.15, 0.2) is 12.3 Å². The number of aromatic amines is 1. The van der Waals surface area contributed by atoms with Gasteiger partial charge in [0.1, 0.15) is 5.82 Å². The highest BCUT2D eigenvalue weighted by Crippen LogP contribution is 2.22. The maximum absolute atomic E-state index is 12.7. The first-order valence-corrected chi connectivity index (χ1v) is 5.31. The molecule has 2 heterocycles. The van der Waals surface area contributed by atoms with Crippen LogP contribution in [0.5, 0.6) is 0 Å². The topological polar surface area (TPSA) is 67.6 Å². The predicted molar refractivity (Wildman–Crippen MR) is 60.8 cm³/mol. The van der Waals surface area contributed by atoms with Gasteiger partial charge < -0.3 is 10.7 Å². The average Bonchev–Trinajstić information content (AvgIpc) is 2.57. The number of nitrogens with two attached hydrogens (primary N) is 1. The Morgan fingerprint density at radius 2 is 2.25 bits per heavy atom. The minimum absolute atomic E-state index is 0.0912. The molecule has 3 N–H and O–H groups in total. The maximum Gasteiger partial charge on any atom is 0.177 e. The summed E-state index contributed by atoms with van der Waals surface area (Å²) < 4.78 is 12.7. The number of pyridine rings is 1. The second-order valence-corrected chi connectivity index (χ2v) is 4.16. The zero-order chi connectivity index (χ0) is 11.7. The third-order valence-electron chi connectivity index (χ3n) is 2.48. The van der Waals surface area contributed by atoms with Gasteiger partial charge in [0.2, 0.25) is 0 Å². The van der Waals surface area contributed by atoms with Crippen molar-refractivity contribution < 1.29 is 4.39 Å². The van der Waals surface area contributed by atoms with E-state index in [0.29, 0.717) is 17.4 Å². The number of nitrogens with one attached hydrogen (secondary N) is 1. The fourth-order valence-corrected chi connectivity index (χ4v) is 1.74. The summed E-state index contributed by atoms with van der Waals surface area (Å²) in [5.41, 5.74) is 7.74. The van der Waals surface area contributed by atoms with Crippen LogP contribution in [0, 0.1) is 0 Å². The van der Waals surface area contributed by atoms with E-state index < -0.39 is 6.30 Å². The summed E-state index contributed by atoms with van der Waals surface area (Å²) in [4.78, 5) is 11.4. The lowest BCUT2D eigenvalue weighted by Crippen LogP contribution is -2.16. The van der Waals surface area contributed by atoms with E-state index in [9.17, 15) is 4.39 Å². The van der Waals surface area contributed by atoms with Gasteiger partial charge in [0, 0.05) is 6.20 Å². The lowest BCUT2D eigenvalue weighted by molar-refractivity contribution is 0.338. The summed E-state index contributed by atoms with van der Waals surface area (Å²) in [7, 11) is 0. The Labute approximate surface area is 93.1 Å². The molecule has 1 unspecified atom stereocenters. The van der Waals surface area contributed by atoms with Crippen molar-refractivity contribution in [3.05, 3.63) is 23.7 Å². The molecule has 0 spiro atoms. The van der Waals surface area contributed by atoms with Crippen LogP contribution < -0.4 is 5.73 Å². The molecular weight excluding hydrogens is 207 g/mol. The van der Waals surface area contributed by atoms with Gasteiger partial charge in [-0.3, -0.25) is 0 Å². The predicted octanol–water partition coefficient (Wildman–Crippen LogP) is 1.88. The van der Waals surface area contributed by atoms with Crippen molar-refractivity contribution in [2.75, 3.05) is 0 Å². The Kier molecular flexibility index (Phi) is 2.87. The van der Waals surface area contributed by atoms with E-state index in [1.807, 2.05) is 6.07 Å². The SMILES string of the molecule is CC(C)c1ccnc2nc(CC(N)F)[nH]c12. The molecule has 0 fully saturated rings. The average molecular weight is 222 g/mol. The number of alkyl halides is 1. The number of H-pyrrole nitrogens is 1. The standard InChI is InChI=1S/C11H15FN4/c1-6(2)7-3-4-14-11-10(7)15-9(16-11)5-8(12)13/h3-4,6,8H,5,13H2,1-2H3,(H,14,15,16). The van der Waals surface area contributed by atoms with Crippen molar-refractivity contribution in [1.29, 1.82) is 0 Å². The zero-order valence-corrected chi connectivity index (χ0v) is 9.37. The smallest absolute Gasteiger partial charge is 0.177 e. The van der Waals surface area contributed by atoms with E-state index in [1.165, 1.54) is 0 Å². The van der Waals surface area contributed by atoms with Crippen LogP contribution in [0.3, 0.4) is 0 Å². The van der Waals surface area contributed by atoms with Crippen LogP contribution in [-0.4, -0.2) is 21.2 Å². The molecule has 0 aliphatic carbocycles. The lowest BCUT2D eigenvalue weighted by Gasteiger charge is -2.04. The Bertz CT molecular complexity index is 490. The minimum Gasteiger partial charge on any atom is -0.340 e. The van der Waals surface area contributed by atoms with Crippen LogP contribution in [0.25, 0.3) is 11.2 Å². The quantitative estimate of drug-likeness (QED) is 0.779. The number of fused-ring (bicyclic) bond motifs is 1. The third-order valence-corrected chi connectivity index (χ3v) is 2.48. The van der Waals surface area contributed by atoms with Gasteiger partial charge in [0.25, 0.3) is 0 Å². The molecule has 86 valence electrons. The molecule has 0 radical (unpaired) electrons. The number of rotatable bonds is 3. The monoisotopic (exact) mass is 222 g/mol. The van der Waals surface area contributed by atoms with Crippen molar-refractivity contribution in [2.45, 2.75) is 32.5 Å². The van der Waals surface area contributed by atoms with Crippen molar-refractivity contribution >= 4 is 11.2 Å². The van der Waals surface area contributed by atoms with Gasteiger partial charge in [-0.15, -0.1) is 0 Å². The van der Waals surface area contributed by atoms with Crippen LogP contribution in [0.2, 0.25) is 0 Å². The largest absolute Gasteiger partial charge is 0.340 e. The van der Waals surface area contributed by atoms with Gasteiger partial charge in [-0.05, 0) is 17.5 Å². The van der Waals surface area contributed by atoms with Crippen molar-refractivity contribution in [1.82, 2.24) is 15.0 Å². The molecule has 0 aliphatic rings. The molecule has 4 nitrogen and oxygen atoms in total. The van der Waals surface area contributed by atoms with Gasteiger partial charge >= 0.3 is 0 Å². The highest BCUT2D eigenvalue weighted by Gasteiger charge is 2.12. The van der Waals surface area contributed by atoms with E-state index in [2.05, 4.69) is 28.8 Å². The molecule has 0 saturated carbocycles. The number of aromatic nitrogens is 3. The first-order chi connectivity index (χ1) is 7.58. The summed E-state index contributed by atoms with van der Waals surface area (Å²) in [5, 5.41) is 0. The number of nitrogens with zero attached hydrogens (tertiary/aromatic N) is 2. The summed E-state index contributed by atoms with van der Waals surface area (Å²) in [6.45, 7) is 4.19. The van der Waals surface area contributed by atoms with Crippen LogP contribution in [-0.2, 0) is 6.42 Å². The fraction of sp³-hybridized carbons (Fsp3) is 0.455. The minimum atomic E-state index is -1.39. The van der Waals surface area contributed by atoms with E-state index >= 15 is 0 Å². The Morgan fingerprint density at radius 3 is 2.88 bits per heavy atom. The fourth-order valence-electron chi connectivity index (χ4n) is 1.74. The summed E-state index contributed by atoms with van der Waals surface area (Å²) in [5.74, 6) is 0.920. The molecule has 2 aromatic rings. The molecule has 0 aliphatic heterocycles. The normalized spacial score (nSPS) is 13.6. The Hall–Kier alpha value is -1.49. The molecule has 0 amide bonds. The number of hydrogen-bond donors (Lipinski definition) is 2. The molecular formula is C11H15FN4. The zero-order valence-electron chi connectivity index (χ0n) is 9.37. The molecule has 0 bridgehead atoms. The molecule has 2 aromatic heterocycles. The summed E-state index contributed by atoms with van der Waals surface area (Å²) in [6.07, 6.45) is 0.425. The van der Waals surface area contributed by atoms with Crippen molar-refractivity contribution in [3.63, 3.8) is 0 Å². The van der Waals surface area contributed by atoms with Crippen LogP contribution >= 0.6 is 0 Å². The van der Waals surface area contributed by atoms with Gasteiger partial charge in [0.15, 0.2) is 11.9 Å². The number of imidazole rings is 1. The molecule has 0 saturated heterocycles.